The van der Waals surface area contributed by atoms with E-state index < -0.39 is 0 Å². The molecule has 22 heavy (non-hydrogen) atoms. The highest BCUT2D eigenvalue weighted by molar-refractivity contribution is 5.95. The minimum absolute atomic E-state index is 0.0970. The first-order chi connectivity index (χ1) is 10.7. The highest BCUT2D eigenvalue weighted by Gasteiger charge is 2.31. The van der Waals surface area contributed by atoms with Gasteiger partial charge in [0.05, 0.1) is 11.3 Å². The molecule has 1 saturated heterocycles. The molecule has 2 fully saturated rings. The molecule has 5 heteroatoms. The van der Waals surface area contributed by atoms with Crippen LogP contribution in [0.2, 0.25) is 0 Å². The zero-order chi connectivity index (χ0) is 15.5. The number of carbonyl (C=O) groups excluding carboxylic acids is 1. The first kappa shape index (κ1) is 15.4. The van der Waals surface area contributed by atoms with Gasteiger partial charge >= 0.3 is 0 Å². The van der Waals surface area contributed by atoms with Crippen LogP contribution in [0.25, 0.3) is 0 Å². The Morgan fingerprint density at radius 2 is 2.14 bits per heavy atom. The monoisotopic (exact) mass is 302 g/mol. The van der Waals surface area contributed by atoms with Gasteiger partial charge in [-0.15, -0.1) is 0 Å². The predicted octanol–water partition coefficient (Wildman–Crippen LogP) is 1.99. The maximum Gasteiger partial charge on any atom is 0.257 e. The molecule has 0 unspecified atom stereocenters. The Balaban J connectivity index is 1.72. The summed E-state index contributed by atoms with van der Waals surface area (Å²) in [5.41, 5.74) is 1.53. The van der Waals surface area contributed by atoms with Gasteiger partial charge in [0.1, 0.15) is 6.33 Å². The smallest absolute Gasteiger partial charge is 0.257 e. The molecule has 1 amide bonds. The zero-order valence-electron chi connectivity index (χ0n) is 13.7. The van der Waals surface area contributed by atoms with Crippen molar-refractivity contribution in [2.24, 2.45) is 5.92 Å². The third kappa shape index (κ3) is 3.14. The van der Waals surface area contributed by atoms with Crippen molar-refractivity contribution in [2.45, 2.75) is 45.6 Å². The summed E-state index contributed by atoms with van der Waals surface area (Å²) in [6, 6.07) is 0.753. The standard InChI is InChI=1S/C17H26N4O/c1-3-16-15(9-18-12-19-16)17(22)21-8-7-20(10-13(2)11-21)14-5-4-6-14/h9,12-14H,3-8,10-11H2,1-2H3/t13-/m0/s1. The molecule has 1 aliphatic heterocycles. The van der Waals surface area contributed by atoms with Crippen LogP contribution in [-0.2, 0) is 6.42 Å². The van der Waals surface area contributed by atoms with Crippen LogP contribution < -0.4 is 0 Å². The summed E-state index contributed by atoms with van der Waals surface area (Å²) in [5, 5.41) is 0. The van der Waals surface area contributed by atoms with Crippen LogP contribution in [0.1, 0.15) is 49.2 Å². The van der Waals surface area contributed by atoms with Crippen molar-refractivity contribution in [3.8, 4) is 0 Å². The van der Waals surface area contributed by atoms with Crippen molar-refractivity contribution < 1.29 is 4.79 Å². The van der Waals surface area contributed by atoms with Crippen molar-refractivity contribution >= 4 is 5.91 Å². The van der Waals surface area contributed by atoms with E-state index in [1.807, 2.05) is 11.8 Å². The number of nitrogens with zero attached hydrogens (tertiary/aromatic N) is 4. The molecule has 0 radical (unpaired) electrons. The van der Waals surface area contributed by atoms with E-state index in [1.165, 1.54) is 25.6 Å². The molecule has 1 aromatic heterocycles. The largest absolute Gasteiger partial charge is 0.337 e. The van der Waals surface area contributed by atoms with Crippen LogP contribution in [-0.4, -0.2) is 57.9 Å². The van der Waals surface area contributed by atoms with Crippen LogP contribution in [0.4, 0.5) is 0 Å². The number of aryl methyl sites for hydroxylation is 1. The first-order valence-electron chi connectivity index (χ1n) is 8.51. The van der Waals surface area contributed by atoms with Gasteiger partial charge < -0.3 is 4.90 Å². The molecule has 0 aromatic carbocycles. The molecule has 120 valence electrons. The zero-order valence-corrected chi connectivity index (χ0v) is 13.7. The normalized spacial score (nSPS) is 23.9. The molecular weight excluding hydrogens is 276 g/mol. The predicted molar refractivity (Wildman–Crippen MR) is 85.7 cm³/mol. The SMILES string of the molecule is CCc1ncncc1C(=O)N1CCN(C2CCC2)C[C@H](C)C1. The van der Waals surface area contributed by atoms with Crippen LogP contribution in [0, 0.1) is 5.92 Å². The fourth-order valence-corrected chi connectivity index (χ4v) is 3.52. The number of hydrogen-bond acceptors (Lipinski definition) is 4. The summed E-state index contributed by atoms with van der Waals surface area (Å²) < 4.78 is 0. The van der Waals surface area contributed by atoms with Gasteiger partial charge in [0.2, 0.25) is 0 Å². The van der Waals surface area contributed by atoms with Crippen molar-refractivity contribution in [3.63, 3.8) is 0 Å². The van der Waals surface area contributed by atoms with E-state index in [0.29, 0.717) is 11.5 Å². The maximum atomic E-state index is 12.9. The van der Waals surface area contributed by atoms with E-state index in [1.54, 1.807) is 6.20 Å². The van der Waals surface area contributed by atoms with Gasteiger partial charge in [-0.05, 0) is 25.2 Å². The minimum Gasteiger partial charge on any atom is -0.337 e. The van der Waals surface area contributed by atoms with E-state index in [2.05, 4.69) is 21.8 Å². The van der Waals surface area contributed by atoms with Crippen molar-refractivity contribution in [1.29, 1.82) is 0 Å². The molecule has 1 aromatic rings. The average Bonchev–Trinajstić information content (AvgIpc) is 2.66. The Labute approximate surface area is 132 Å². The number of aromatic nitrogens is 2. The minimum atomic E-state index is 0.0970. The second kappa shape index (κ2) is 6.73. The van der Waals surface area contributed by atoms with E-state index in [0.717, 1.165) is 44.3 Å². The number of rotatable bonds is 3. The van der Waals surface area contributed by atoms with Gasteiger partial charge in [0, 0.05) is 38.4 Å². The van der Waals surface area contributed by atoms with Crippen molar-refractivity contribution in [3.05, 3.63) is 23.8 Å². The molecular formula is C17H26N4O. The second-order valence-electron chi connectivity index (χ2n) is 6.67. The first-order valence-corrected chi connectivity index (χ1v) is 8.51. The molecule has 3 rings (SSSR count). The van der Waals surface area contributed by atoms with Gasteiger partial charge in [0.15, 0.2) is 0 Å². The Hall–Kier alpha value is -1.49. The van der Waals surface area contributed by atoms with Crippen molar-refractivity contribution in [1.82, 2.24) is 19.8 Å². The van der Waals surface area contributed by atoms with Crippen LogP contribution in [0.3, 0.4) is 0 Å². The van der Waals surface area contributed by atoms with Gasteiger partial charge in [-0.2, -0.15) is 0 Å². The second-order valence-corrected chi connectivity index (χ2v) is 6.67. The van der Waals surface area contributed by atoms with E-state index in [-0.39, 0.29) is 5.91 Å². The van der Waals surface area contributed by atoms with Gasteiger partial charge in [-0.3, -0.25) is 9.69 Å². The lowest BCUT2D eigenvalue weighted by molar-refractivity contribution is 0.0741. The number of hydrogen-bond donors (Lipinski definition) is 0. The van der Waals surface area contributed by atoms with Crippen molar-refractivity contribution in [2.75, 3.05) is 26.2 Å². The topological polar surface area (TPSA) is 49.3 Å². The highest BCUT2D eigenvalue weighted by Crippen LogP contribution is 2.27. The quantitative estimate of drug-likeness (QED) is 0.857. The maximum absolute atomic E-state index is 12.9. The Morgan fingerprint density at radius 3 is 2.82 bits per heavy atom. The van der Waals surface area contributed by atoms with Crippen LogP contribution >= 0.6 is 0 Å². The molecule has 0 bridgehead atoms. The molecule has 2 aliphatic rings. The van der Waals surface area contributed by atoms with Crippen LogP contribution in [0.15, 0.2) is 12.5 Å². The molecule has 2 heterocycles. The highest BCUT2D eigenvalue weighted by atomic mass is 16.2. The van der Waals surface area contributed by atoms with Crippen LogP contribution in [0.5, 0.6) is 0 Å². The summed E-state index contributed by atoms with van der Waals surface area (Å²) in [6.07, 6.45) is 7.98. The summed E-state index contributed by atoms with van der Waals surface area (Å²) in [5.74, 6) is 0.613. The summed E-state index contributed by atoms with van der Waals surface area (Å²) in [4.78, 5) is 25.8. The molecule has 1 saturated carbocycles. The Morgan fingerprint density at radius 1 is 1.32 bits per heavy atom. The molecule has 5 nitrogen and oxygen atoms in total. The molecule has 1 atom stereocenters. The Bertz CT molecular complexity index is 529. The third-order valence-corrected chi connectivity index (χ3v) is 4.97. The third-order valence-electron chi connectivity index (χ3n) is 4.97. The number of amides is 1. The Kier molecular flexibility index (Phi) is 4.71. The lowest BCUT2D eigenvalue weighted by Gasteiger charge is -2.37. The fraction of sp³-hybridized carbons (Fsp3) is 0.706. The molecule has 0 spiro atoms. The fourth-order valence-electron chi connectivity index (χ4n) is 3.52. The van der Waals surface area contributed by atoms with Gasteiger partial charge in [0.25, 0.3) is 5.91 Å². The molecule has 1 aliphatic carbocycles. The van der Waals surface area contributed by atoms with E-state index in [9.17, 15) is 4.79 Å². The van der Waals surface area contributed by atoms with Gasteiger partial charge in [-0.1, -0.05) is 20.3 Å². The summed E-state index contributed by atoms with van der Waals surface area (Å²) in [6.45, 7) is 8.04. The van der Waals surface area contributed by atoms with E-state index >= 15 is 0 Å². The summed E-state index contributed by atoms with van der Waals surface area (Å²) >= 11 is 0. The van der Waals surface area contributed by atoms with E-state index in [4.69, 9.17) is 0 Å². The number of carbonyl (C=O) groups is 1. The lowest BCUT2D eigenvalue weighted by atomic mass is 9.91. The average molecular weight is 302 g/mol. The summed E-state index contributed by atoms with van der Waals surface area (Å²) in [7, 11) is 0. The van der Waals surface area contributed by atoms with Gasteiger partial charge in [-0.25, -0.2) is 9.97 Å². The molecule has 0 N–H and O–H groups in total. The lowest BCUT2D eigenvalue weighted by Crippen LogP contribution is -2.43.